The van der Waals surface area contributed by atoms with Gasteiger partial charge in [0.15, 0.2) is 0 Å². The van der Waals surface area contributed by atoms with Crippen LogP contribution in [0.1, 0.15) is 24.0 Å². The van der Waals surface area contributed by atoms with E-state index in [-0.39, 0.29) is 11.8 Å². The fraction of sp³-hybridized carbons (Fsp3) is 0.273. The molecule has 1 aromatic heterocycles. The van der Waals surface area contributed by atoms with E-state index < -0.39 is 5.41 Å². The minimum atomic E-state index is -0.963. The van der Waals surface area contributed by atoms with Crippen LogP contribution in [0.5, 0.6) is 0 Å². The average Bonchev–Trinajstić information content (AvgIpc) is 3.42. The molecule has 3 aromatic rings. The average molecular weight is 396 g/mol. The predicted octanol–water partition coefficient (Wildman–Crippen LogP) is 4.21. The number of amides is 2. The van der Waals surface area contributed by atoms with Crippen LogP contribution in [0.4, 0.5) is 5.69 Å². The molecule has 1 fully saturated rings. The van der Waals surface area contributed by atoms with Gasteiger partial charge in [0.2, 0.25) is 11.8 Å². The summed E-state index contributed by atoms with van der Waals surface area (Å²) in [6, 6.07) is 13.4. The van der Waals surface area contributed by atoms with Gasteiger partial charge in [-0.25, -0.2) is 0 Å². The van der Waals surface area contributed by atoms with E-state index >= 15 is 0 Å². The first-order chi connectivity index (χ1) is 13.5. The highest BCUT2D eigenvalue weighted by atomic mass is 35.5. The third kappa shape index (κ3) is 3.38. The van der Waals surface area contributed by atoms with Crippen molar-refractivity contribution in [2.45, 2.75) is 26.2 Å². The smallest absolute Gasteiger partial charge is 0.240 e. The molecular formula is C22H22ClN3O2. The van der Waals surface area contributed by atoms with Gasteiger partial charge in [-0.2, -0.15) is 0 Å². The molecule has 0 unspecified atom stereocenters. The van der Waals surface area contributed by atoms with E-state index in [0.717, 1.165) is 22.0 Å². The number of fused-ring (bicyclic) bond motifs is 1. The number of aromatic amines is 1. The quantitative estimate of drug-likeness (QED) is 0.547. The van der Waals surface area contributed by atoms with Gasteiger partial charge >= 0.3 is 0 Å². The molecule has 6 heteroatoms. The molecule has 0 spiro atoms. The Kier molecular flexibility index (Phi) is 4.85. The molecule has 28 heavy (non-hydrogen) atoms. The Balaban J connectivity index is 1.37. The van der Waals surface area contributed by atoms with E-state index in [4.69, 9.17) is 11.6 Å². The maximum absolute atomic E-state index is 12.7. The number of halogens is 1. The Morgan fingerprint density at radius 1 is 1.11 bits per heavy atom. The lowest BCUT2D eigenvalue weighted by Crippen LogP contribution is -2.40. The van der Waals surface area contributed by atoms with Crippen molar-refractivity contribution in [1.82, 2.24) is 10.3 Å². The Morgan fingerprint density at radius 2 is 1.89 bits per heavy atom. The molecule has 3 N–H and O–H groups in total. The standard InChI is InChI=1S/C22H22ClN3O2/c1-14-17(23)6-4-8-18(14)26-21(28)22(10-11-22)20(27)24-12-9-15-13-25-19-7-3-2-5-16(15)19/h2-8,13,25H,9-12H2,1H3,(H,24,27)(H,26,28). The van der Waals surface area contributed by atoms with Gasteiger partial charge in [0, 0.05) is 34.4 Å². The summed E-state index contributed by atoms with van der Waals surface area (Å²) in [5.41, 5.74) is 2.72. The van der Waals surface area contributed by atoms with Crippen molar-refractivity contribution in [2.75, 3.05) is 11.9 Å². The van der Waals surface area contributed by atoms with Crippen molar-refractivity contribution in [1.29, 1.82) is 0 Å². The lowest BCUT2D eigenvalue weighted by atomic mass is 10.0. The van der Waals surface area contributed by atoms with Gasteiger partial charge in [0.25, 0.3) is 0 Å². The summed E-state index contributed by atoms with van der Waals surface area (Å²) >= 11 is 6.12. The van der Waals surface area contributed by atoms with Crippen LogP contribution in [-0.4, -0.2) is 23.3 Å². The van der Waals surface area contributed by atoms with Crippen molar-refractivity contribution in [3.8, 4) is 0 Å². The molecule has 0 aliphatic heterocycles. The first kappa shape index (κ1) is 18.6. The minimum Gasteiger partial charge on any atom is -0.361 e. The zero-order chi connectivity index (χ0) is 19.7. The number of nitrogens with one attached hydrogen (secondary N) is 3. The number of benzene rings is 2. The van der Waals surface area contributed by atoms with Gasteiger partial charge in [0.05, 0.1) is 0 Å². The number of anilines is 1. The van der Waals surface area contributed by atoms with Crippen LogP contribution in [0.3, 0.4) is 0 Å². The molecule has 1 heterocycles. The SMILES string of the molecule is Cc1c(Cl)cccc1NC(=O)C1(C(=O)NCCc2c[nH]c3ccccc23)CC1. The molecule has 0 saturated heterocycles. The molecule has 0 radical (unpaired) electrons. The molecular weight excluding hydrogens is 374 g/mol. The maximum Gasteiger partial charge on any atom is 0.240 e. The van der Waals surface area contributed by atoms with Crippen LogP contribution in [0, 0.1) is 12.3 Å². The van der Waals surface area contributed by atoms with Gasteiger partial charge in [-0.1, -0.05) is 35.9 Å². The number of carbonyl (C=O) groups is 2. The second-order valence-corrected chi connectivity index (χ2v) is 7.72. The molecule has 4 rings (SSSR count). The monoisotopic (exact) mass is 395 g/mol. The molecule has 0 atom stereocenters. The van der Waals surface area contributed by atoms with Crippen LogP contribution < -0.4 is 10.6 Å². The van der Waals surface area contributed by atoms with Crippen LogP contribution in [0.15, 0.2) is 48.7 Å². The van der Waals surface area contributed by atoms with Crippen molar-refractivity contribution >= 4 is 40.0 Å². The highest BCUT2D eigenvalue weighted by molar-refractivity contribution is 6.31. The van der Waals surface area contributed by atoms with E-state index in [1.165, 1.54) is 0 Å². The first-order valence-corrected chi connectivity index (χ1v) is 9.79. The fourth-order valence-corrected chi connectivity index (χ4v) is 3.66. The van der Waals surface area contributed by atoms with Crippen molar-refractivity contribution in [2.24, 2.45) is 5.41 Å². The Bertz CT molecular complexity index is 1050. The third-order valence-electron chi connectivity index (χ3n) is 5.49. The predicted molar refractivity (Wildman–Crippen MR) is 111 cm³/mol. The molecule has 2 amide bonds. The van der Waals surface area contributed by atoms with E-state index in [1.807, 2.05) is 31.3 Å². The summed E-state index contributed by atoms with van der Waals surface area (Å²) in [7, 11) is 0. The third-order valence-corrected chi connectivity index (χ3v) is 5.90. The molecule has 1 aliphatic carbocycles. The number of rotatable bonds is 6. The number of hydrogen-bond donors (Lipinski definition) is 3. The topological polar surface area (TPSA) is 74.0 Å². The highest BCUT2D eigenvalue weighted by Crippen LogP contribution is 2.47. The second kappa shape index (κ2) is 7.32. The van der Waals surface area contributed by atoms with Crippen LogP contribution >= 0.6 is 11.6 Å². The van der Waals surface area contributed by atoms with Gasteiger partial charge < -0.3 is 15.6 Å². The van der Waals surface area contributed by atoms with Gasteiger partial charge in [0.1, 0.15) is 5.41 Å². The zero-order valence-corrected chi connectivity index (χ0v) is 16.4. The van der Waals surface area contributed by atoms with E-state index in [1.54, 1.807) is 18.2 Å². The lowest BCUT2D eigenvalue weighted by molar-refractivity contribution is -0.134. The first-order valence-electron chi connectivity index (χ1n) is 9.41. The molecule has 144 valence electrons. The van der Waals surface area contributed by atoms with Crippen LogP contribution in [-0.2, 0) is 16.0 Å². The summed E-state index contributed by atoms with van der Waals surface area (Å²) in [4.78, 5) is 28.7. The van der Waals surface area contributed by atoms with Crippen molar-refractivity contribution in [3.05, 3.63) is 64.8 Å². The van der Waals surface area contributed by atoms with E-state index in [0.29, 0.717) is 36.5 Å². The minimum absolute atomic E-state index is 0.204. The number of hydrogen-bond acceptors (Lipinski definition) is 2. The zero-order valence-electron chi connectivity index (χ0n) is 15.6. The van der Waals surface area contributed by atoms with Crippen molar-refractivity contribution < 1.29 is 9.59 Å². The molecule has 5 nitrogen and oxygen atoms in total. The normalized spacial score (nSPS) is 14.6. The molecule has 0 bridgehead atoms. The van der Waals surface area contributed by atoms with E-state index in [9.17, 15) is 9.59 Å². The van der Waals surface area contributed by atoms with Crippen LogP contribution in [0.2, 0.25) is 5.02 Å². The Labute approximate surface area is 168 Å². The highest BCUT2D eigenvalue weighted by Gasteiger charge is 2.56. The maximum atomic E-state index is 12.7. The number of aromatic nitrogens is 1. The van der Waals surface area contributed by atoms with Gasteiger partial charge in [-0.05, 0) is 55.5 Å². The fourth-order valence-electron chi connectivity index (χ4n) is 3.49. The van der Waals surface area contributed by atoms with E-state index in [2.05, 4.69) is 21.7 Å². The molecule has 1 saturated carbocycles. The van der Waals surface area contributed by atoms with Crippen LogP contribution in [0.25, 0.3) is 10.9 Å². The Hall–Kier alpha value is -2.79. The largest absolute Gasteiger partial charge is 0.361 e. The van der Waals surface area contributed by atoms with Gasteiger partial charge in [-0.15, -0.1) is 0 Å². The summed E-state index contributed by atoms with van der Waals surface area (Å²) in [5, 5.41) is 7.56. The summed E-state index contributed by atoms with van der Waals surface area (Å²) < 4.78 is 0. The Morgan fingerprint density at radius 3 is 2.68 bits per heavy atom. The summed E-state index contributed by atoms with van der Waals surface area (Å²) in [6.07, 6.45) is 3.81. The number of H-pyrrole nitrogens is 1. The number of carbonyl (C=O) groups excluding carboxylic acids is 2. The lowest BCUT2D eigenvalue weighted by Gasteiger charge is -2.17. The molecule has 2 aromatic carbocycles. The number of para-hydroxylation sites is 1. The molecule has 1 aliphatic rings. The summed E-state index contributed by atoms with van der Waals surface area (Å²) in [5.74, 6) is -0.466. The second-order valence-electron chi connectivity index (χ2n) is 7.31. The van der Waals surface area contributed by atoms with Crippen molar-refractivity contribution in [3.63, 3.8) is 0 Å². The van der Waals surface area contributed by atoms with Gasteiger partial charge in [-0.3, -0.25) is 9.59 Å². The summed E-state index contributed by atoms with van der Waals surface area (Å²) in [6.45, 7) is 2.34.